The summed E-state index contributed by atoms with van der Waals surface area (Å²) in [5, 5.41) is 3.94. The van der Waals surface area contributed by atoms with Crippen LogP contribution in [0, 0.1) is 46.9 Å². The van der Waals surface area contributed by atoms with Crippen LogP contribution in [0.15, 0.2) is 79.6 Å². The molecule has 0 amide bonds. The smallest absolute Gasteiger partial charge is 0.241 e. The van der Waals surface area contributed by atoms with Crippen molar-refractivity contribution < 1.29 is 46.9 Å². The minimum absolute atomic E-state index is 0. The van der Waals surface area contributed by atoms with E-state index in [0.717, 1.165) is 44.1 Å². The van der Waals surface area contributed by atoms with Crippen molar-refractivity contribution in [2.24, 2.45) is 0 Å². The Labute approximate surface area is 224 Å². The summed E-state index contributed by atoms with van der Waals surface area (Å²) in [6.07, 6.45) is 8.49. The van der Waals surface area contributed by atoms with Gasteiger partial charge in [-0.25, -0.2) is 39.0 Å². The van der Waals surface area contributed by atoms with E-state index in [4.69, 9.17) is 4.98 Å². The number of hydrogen-bond acceptors (Lipinski definition) is 7. The third-order valence-electron chi connectivity index (χ3n) is 5.52. The molecule has 0 spiro atoms. The van der Waals surface area contributed by atoms with Crippen LogP contribution >= 0.6 is 0 Å². The third-order valence-corrected chi connectivity index (χ3v) is 5.52. The normalized spacial score (nSPS) is 11.4. The molecule has 0 fully saturated rings. The van der Waals surface area contributed by atoms with Gasteiger partial charge in [-0.05, 0) is 48.5 Å². The molecule has 0 atom stereocenters. The predicted molar refractivity (Wildman–Crippen MR) is 120 cm³/mol. The summed E-state index contributed by atoms with van der Waals surface area (Å²) in [4.78, 5) is 32.0. The van der Waals surface area contributed by atoms with Crippen LogP contribution in [0.1, 0.15) is 0 Å². The van der Waals surface area contributed by atoms with Crippen molar-refractivity contribution in [2.45, 2.75) is 0 Å². The van der Waals surface area contributed by atoms with E-state index in [0.29, 0.717) is 11.9 Å². The van der Waals surface area contributed by atoms with E-state index in [9.17, 15) is 0 Å². The number of fused-ring (bicyclic) bond motifs is 6. The molecular weight excluding hydrogens is 575 g/mol. The number of pyridine rings is 4. The molecule has 164 valence electrons. The molecule has 0 bridgehead atoms. The van der Waals surface area contributed by atoms with Crippen LogP contribution in [0.3, 0.4) is 0 Å². The minimum atomic E-state index is 0. The van der Waals surface area contributed by atoms with E-state index in [1.165, 1.54) is 6.33 Å². The summed E-state index contributed by atoms with van der Waals surface area (Å²) in [5.74, 6) is 0.850. The second kappa shape index (κ2) is 7.95. The Morgan fingerprint density at radius 1 is 0.455 bits per heavy atom. The van der Waals surface area contributed by atoms with Crippen molar-refractivity contribution in [1.82, 2.24) is 44.0 Å². The summed E-state index contributed by atoms with van der Waals surface area (Å²) in [5.41, 5.74) is 2.93. The first-order valence-electron chi connectivity index (χ1n) is 10.0. The fraction of sp³-hybridized carbons (Fsp3) is 0. The molecular formula is C23H13N9Yb. The Morgan fingerprint density at radius 2 is 0.788 bits per heavy atom. The average Bonchev–Trinajstić information content (AvgIpc) is 3.37. The molecule has 0 unspecified atom stereocenters. The molecule has 0 radical (unpaired) electrons. The Balaban J connectivity index is 0.00000206. The fourth-order valence-electron chi connectivity index (χ4n) is 4.22. The molecule has 33 heavy (non-hydrogen) atoms. The van der Waals surface area contributed by atoms with Gasteiger partial charge >= 0.3 is 0 Å². The van der Waals surface area contributed by atoms with Gasteiger partial charge in [-0.3, -0.25) is 0 Å². The van der Waals surface area contributed by atoms with Crippen LogP contribution in [0.2, 0.25) is 0 Å². The van der Waals surface area contributed by atoms with Crippen molar-refractivity contribution in [3.63, 3.8) is 0 Å². The maximum absolute atomic E-state index is 4.80. The van der Waals surface area contributed by atoms with Crippen LogP contribution in [0.4, 0.5) is 0 Å². The molecule has 10 heteroatoms. The topological polar surface area (TPSA) is 100 Å². The Kier molecular flexibility index (Phi) is 4.90. The largest absolute Gasteiger partial charge is 0.245 e. The quantitative estimate of drug-likeness (QED) is 0.304. The van der Waals surface area contributed by atoms with E-state index in [1.54, 1.807) is 24.8 Å². The van der Waals surface area contributed by atoms with Crippen molar-refractivity contribution in [2.75, 3.05) is 0 Å². The molecule has 0 aliphatic carbocycles. The van der Waals surface area contributed by atoms with Crippen LogP contribution in [0.5, 0.6) is 0 Å². The van der Waals surface area contributed by atoms with Crippen LogP contribution < -0.4 is 0 Å². The molecule has 0 N–H and O–H groups in total. The molecule has 0 aromatic carbocycles. The SMILES string of the molecule is [Yb].c1cnc2c(c1)c1cccnc1n2-c1ncnc(-n2c3ncccc3c3cccnc32)n1. The second-order valence-corrected chi connectivity index (χ2v) is 7.25. The van der Waals surface area contributed by atoms with Crippen molar-refractivity contribution >= 4 is 44.1 Å². The summed E-state index contributed by atoms with van der Waals surface area (Å²) >= 11 is 0. The van der Waals surface area contributed by atoms with Gasteiger partial charge in [-0.15, -0.1) is 0 Å². The first-order valence-corrected chi connectivity index (χ1v) is 10.0. The van der Waals surface area contributed by atoms with Gasteiger partial charge in [0.1, 0.15) is 28.9 Å². The van der Waals surface area contributed by atoms with Gasteiger partial charge in [0.05, 0.1) is 0 Å². The molecule has 0 saturated heterocycles. The van der Waals surface area contributed by atoms with E-state index < -0.39 is 0 Å². The second-order valence-electron chi connectivity index (χ2n) is 7.25. The van der Waals surface area contributed by atoms with Crippen molar-refractivity contribution in [3.05, 3.63) is 79.6 Å². The third kappa shape index (κ3) is 3.00. The van der Waals surface area contributed by atoms with Crippen molar-refractivity contribution in [3.8, 4) is 11.9 Å². The maximum atomic E-state index is 4.80. The Hall–Kier alpha value is -3.27. The van der Waals surface area contributed by atoms with Gasteiger partial charge in [-0.2, -0.15) is 4.98 Å². The zero-order valence-electron chi connectivity index (χ0n) is 16.8. The number of rotatable bonds is 2. The monoisotopic (exact) mass is 589 g/mol. The zero-order valence-corrected chi connectivity index (χ0v) is 18.5. The first kappa shape index (κ1) is 20.3. The number of aromatic nitrogens is 9. The van der Waals surface area contributed by atoms with E-state index in [-0.39, 0.29) is 46.9 Å². The molecule has 7 aromatic heterocycles. The van der Waals surface area contributed by atoms with Gasteiger partial charge in [0.25, 0.3) is 0 Å². The average molecular weight is 588 g/mol. The predicted octanol–water partition coefficient (Wildman–Crippen LogP) is 3.65. The van der Waals surface area contributed by atoms with Gasteiger partial charge in [0.2, 0.25) is 11.9 Å². The summed E-state index contributed by atoms with van der Waals surface area (Å²) in [7, 11) is 0. The molecule has 9 nitrogen and oxygen atoms in total. The van der Waals surface area contributed by atoms with E-state index >= 15 is 0 Å². The molecule has 7 rings (SSSR count). The summed E-state index contributed by atoms with van der Waals surface area (Å²) < 4.78 is 3.70. The number of nitrogens with zero attached hydrogens (tertiary/aromatic N) is 9. The summed E-state index contributed by atoms with van der Waals surface area (Å²) in [6, 6.07) is 15.7. The zero-order chi connectivity index (χ0) is 21.1. The molecule has 0 saturated carbocycles. The van der Waals surface area contributed by atoms with Crippen molar-refractivity contribution in [1.29, 1.82) is 0 Å². The van der Waals surface area contributed by atoms with Gasteiger partial charge in [0, 0.05) is 93.3 Å². The fourth-order valence-corrected chi connectivity index (χ4v) is 4.22. The maximum Gasteiger partial charge on any atom is 0.241 e. The molecule has 7 aromatic rings. The Bertz CT molecular complexity index is 1570. The Morgan fingerprint density at radius 3 is 1.12 bits per heavy atom. The summed E-state index contributed by atoms with van der Waals surface area (Å²) in [6.45, 7) is 0. The minimum Gasteiger partial charge on any atom is -0.245 e. The first-order chi connectivity index (χ1) is 15.9. The molecule has 0 aliphatic rings. The van der Waals surface area contributed by atoms with Gasteiger partial charge in [-0.1, -0.05) is 0 Å². The molecule has 0 aliphatic heterocycles. The number of hydrogen-bond donors (Lipinski definition) is 0. The van der Waals surface area contributed by atoms with Gasteiger partial charge < -0.3 is 0 Å². The van der Waals surface area contributed by atoms with Gasteiger partial charge in [0.15, 0.2) is 0 Å². The molecule has 7 heterocycles. The standard InChI is InChI=1S/C23H13N9.Yb/c1-5-14-15-6-2-10-25-19(15)31(18(14)24-9-1)22-28-13-29-23(30-22)32-20-16(7-3-11-26-20)17-8-4-12-27-21(17)32;/h1-13H;. The van der Waals surface area contributed by atoms with E-state index in [1.807, 2.05) is 57.7 Å². The van der Waals surface area contributed by atoms with Crippen LogP contribution in [-0.4, -0.2) is 44.0 Å². The van der Waals surface area contributed by atoms with Crippen LogP contribution in [-0.2, 0) is 0 Å². The van der Waals surface area contributed by atoms with E-state index in [2.05, 4.69) is 29.9 Å². The van der Waals surface area contributed by atoms with Crippen LogP contribution in [0.25, 0.3) is 56.0 Å².